The Morgan fingerprint density at radius 1 is 1.07 bits per heavy atom. The second kappa shape index (κ2) is 7.88. The largest absolute Gasteiger partial charge is 0.325 e. The fourth-order valence-electron chi connectivity index (χ4n) is 3.57. The summed E-state index contributed by atoms with van der Waals surface area (Å²) in [6.45, 7) is 8.02. The molecule has 30 heavy (non-hydrogen) atoms. The van der Waals surface area contributed by atoms with E-state index in [1.54, 1.807) is 0 Å². The minimum atomic E-state index is -0.261. The number of amides is 1. The van der Waals surface area contributed by atoms with Crippen molar-refractivity contribution in [2.24, 2.45) is 0 Å². The number of carbonyl (C=O) groups excluding carboxylic acids is 1. The molecule has 4 aromatic rings. The highest BCUT2D eigenvalue weighted by molar-refractivity contribution is 7.19. The maximum absolute atomic E-state index is 13.3. The zero-order valence-corrected chi connectivity index (χ0v) is 18.3. The van der Waals surface area contributed by atoms with Crippen LogP contribution < -0.4 is 10.9 Å². The van der Waals surface area contributed by atoms with Crippen molar-refractivity contribution < 1.29 is 4.79 Å². The first-order valence-corrected chi connectivity index (χ1v) is 10.6. The van der Waals surface area contributed by atoms with Crippen molar-refractivity contribution >= 4 is 33.1 Å². The van der Waals surface area contributed by atoms with Gasteiger partial charge in [-0.3, -0.25) is 14.2 Å². The van der Waals surface area contributed by atoms with Crippen LogP contribution >= 0.6 is 11.3 Å². The van der Waals surface area contributed by atoms with E-state index in [0.717, 1.165) is 21.6 Å². The number of nitrogens with zero attached hydrogens (tertiary/aromatic N) is 2. The van der Waals surface area contributed by atoms with E-state index in [1.165, 1.54) is 33.4 Å². The highest BCUT2D eigenvalue weighted by Crippen LogP contribution is 2.36. The second-order valence-electron chi connectivity index (χ2n) is 7.61. The number of benzene rings is 2. The van der Waals surface area contributed by atoms with Crippen LogP contribution in [0, 0.1) is 27.7 Å². The zero-order chi connectivity index (χ0) is 21.4. The van der Waals surface area contributed by atoms with Crippen molar-refractivity contribution in [2.75, 3.05) is 5.32 Å². The molecule has 2 heterocycles. The summed E-state index contributed by atoms with van der Waals surface area (Å²) in [5.74, 6) is -0.261. The quantitative estimate of drug-likeness (QED) is 0.508. The molecule has 4 rings (SSSR count). The Morgan fingerprint density at radius 3 is 2.60 bits per heavy atom. The highest BCUT2D eigenvalue weighted by atomic mass is 32.1. The molecule has 1 N–H and O–H groups in total. The van der Waals surface area contributed by atoms with Gasteiger partial charge >= 0.3 is 0 Å². The van der Waals surface area contributed by atoms with Gasteiger partial charge in [0.25, 0.3) is 5.56 Å². The van der Waals surface area contributed by atoms with Gasteiger partial charge in [-0.25, -0.2) is 4.98 Å². The monoisotopic (exact) mass is 417 g/mol. The lowest BCUT2D eigenvalue weighted by Gasteiger charge is -2.09. The van der Waals surface area contributed by atoms with E-state index in [2.05, 4.69) is 36.3 Å². The van der Waals surface area contributed by atoms with Crippen LogP contribution in [0.3, 0.4) is 0 Å². The number of carbonyl (C=O) groups is 1. The molecule has 2 aromatic carbocycles. The second-order valence-corrected chi connectivity index (χ2v) is 8.81. The number of fused-ring (bicyclic) bond motifs is 1. The van der Waals surface area contributed by atoms with Gasteiger partial charge < -0.3 is 5.32 Å². The van der Waals surface area contributed by atoms with Gasteiger partial charge in [0.2, 0.25) is 5.91 Å². The van der Waals surface area contributed by atoms with E-state index >= 15 is 0 Å². The average molecular weight is 418 g/mol. The fourth-order valence-corrected chi connectivity index (χ4v) is 4.58. The van der Waals surface area contributed by atoms with Gasteiger partial charge in [-0.2, -0.15) is 0 Å². The minimum absolute atomic E-state index is 0.0863. The molecule has 0 radical (unpaired) electrons. The lowest BCUT2D eigenvalue weighted by Crippen LogP contribution is -2.27. The van der Waals surface area contributed by atoms with Crippen molar-refractivity contribution in [3.05, 3.63) is 80.7 Å². The van der Waals surface area contributed by atoms with Gasteiger partial charge in [0.15, 0.2) is 0 Å². The first-order valence-electron chi connectivity index (χ1n) is 9.76. The van der Waals surface area contributed by atoms with E-state index in [-0.39, 0.29) is 18.0 Å². The summed E-state index contributed by atoms with van der Waals surface area (Å²) < 4.78 is 1.38. The molecule has 2 aromatic heterocycles. The molecule has 0 saturated carbocycles. The third kappa shape index (κ3) is 3.78. The standard InChI is InChI=1S/C24H23N3O2S/c1-14-6-5-7-19(10-14)26-20(28)12-27-13-25-23-22(24(27)29)21(17(4)30-23)18-9-8-15(2)16(3)11-18/h5-11,13H,12H2,1-4H3,(H,26,28). The van der Waals surface area contributed by atoms with Crippen LogP contribution in [0.4, 0.5) is 5.69 Å². The number of aromatic nitrogens is 2. The molecule has 0 aliphatic heterocycles. The summed E-state index contributed by atoms with van der Waals surface area (Å²) in [5.41, 5.74) is 5.86. The number of aryl methyl sites for hydroxylation is 4. The Morgan fingerprint density at radius 2 is 1.87 bits per heavy atom. The molecule has 0 atom stereocenters. The lowest BCUT2D eigenvalue weighted by molar-refractivity contribution is -0.116. The summed E-state index contributed by atoms with van der Waals surface area (Å²) in [5, 5.41) is 3.42. The summed E-state index contributed by atoms with van der Waals surface area (Å²) in [6, 6.07) is 13.8. The van der Waals surface area contributed by atoms with E-state index < -0.39 is 0 Å². The molecule has 0 bridgehead atoms. The van der Waals surface area contributed by atoms with Gasteiger partial charge in [-0.15, -0.1) is 11.3 Å². The minimum Gasteiger partial charge on any atom is -0.325 e. The Balaban J connectivity index is 1.72. The number of thiophene rings is 1. The molecule has 1 amide bonds. The smallest absolute Gasteiger partial charge is 0.263 e. The molecule has 0 spiro atoms. The average Bonchev–Trinajstić information content (AvgIpc) is 3.03. The Hall–Kier alpha value is -3.25. The normalized spacial score (nSPS) is 11.1. The van der Waals surface area contributed by atoms with Crippen LogP contribution in [-0.2, 0) is 11.3 Å². The van der Waals surface area contributed by atoms with Crippen LogP contribution in [0.1, 0.15) is 21.6 Å². The van der Waals surface area contributed by atoms with Gasteiger partial charge in [-0.05, 0) is 62.1 Å². The first-order chi connectivity index (χ1) is 14.3. The van der Waals surface area contributed by atoms with Crippen molar-refractivity contribution in [3.8, 4) is 11.1 Å². The molecular formula is C24H23N3O2S. The van der Waals surface area contributed by atoms with Gasteiger partial charge in [0, 0.05) is 16.1 Å². The van der Waals surface area contributed by atoms with Gasteiger partial charge in [0.05, 0.1) is 11.7 Å². The molecule has 0 fully saturated rings. The van der Waals surface area contributed by atoms with Crippen molar-refractivity contribution in [1.82, 2.24) is 9.55 Å². The van der Waals surface area contributed by atoms with Crippen LogP contribution in [-0.4, -0.2) is 15.5 Å². The van der Waals surface area contributed by atoms with E-state index in [9.17, 15) is 9.59 Å². The number of rotatable bonds is 4. The maximum Gasteiger partial charge on any atom is 0.263 e. The third-order valence-corrected chi connectivity index (χ3v) is 6.28. The topological polar surface area (TPSA) is 64.0 Å². The number of anilines is 1. The molecule has 6 heteroatoms. The molecule has 0 aliphatic carbocycles. The van der Waals surface area contributed by atoms with Gasteiger partial charge in [0.1, 0.15) is 11.4 Å². The highest BCUT2D eigenvalue weighted by Gasteiger charge is 2.18. The number of nitrogens with one attached hydrogen (secondary N) is 1. The summed E-state index contributed by atoms with van der Waals surface area (Å²) in [4.78, 5) is 32.0. The maximum atomic E-state index is 13.3. The molecule has 152 valence electrons. The molecule has 0 unspecified atom stereocenters. The number of hydrogen-bond acceptors (Lipinski definition) is 4. The van der Waals surface area contributed by atoms with Crippen LogP contribution in [0.25, 0.3) is 21.3 Å². The van der Waals surface area contributed by atoms with E-state index in [1.807, 2.05) is 44.2 Å². The van der Waals surface area contributed by atoms with Crippen molar-refractivity contribution in [2.45, 2.75) is 34.2 Å². The van der Waals surface area contributed by atoms with Crippen molar-refractivity contribution in [1.29, 1.82) is 0 Å². The van der Waals surface area contributed by atoms with Crippen molar-refractivity contribution in [3.63, 3.8) is 0 Å². The van der Waals surface area contributed by atoms with Crippen LogP contribution in [0.2, 0.25) is 0 Å². The number of hydrogen-bond donors (Lipinski definition) is 1. The van der Waals surface area contributed by atoms with Gasteiger partial charge in [-0.1, -0.05) is 30.3 Å². The molecular weight excluding hydrogens is 394 g/mol. The molecule has 0 saturated heterocycles. The van der Waals surface area contributed by atoms with E-state index in [0.29, 0.717) is 15.9 Å². The lowest BCUT2D eigenvalue weighted by atomic mass is 9.99. The molecule has 5 nitrogen and oxygen atoms in total. The zero-order valence-electron chi connectivity index (χ0n) is 17.4. The third-order valence-electron chi connectivity index (χ3n) is 5.27. The van der Waals surface area contributed by atoms with Crippen LogP contribution in [0.5, 0.6) is 0 Å². The SMILES string of the molecule is Cc1cccc(NC(=O)Cn2cnc3sc(C)c(-c4ccc(C)c(C)c4)c3c2=O)c1. The fraction of sp³-hybridized carbons (Fsp3) is 0.208. The molecule has 0 aliphatic rings. The Kier molecular flexibility index (Phi) is 5.26. The van der Waals surface area contributed by atoms with Crippen LogP contribution in [0.15, 0.2) is 53.6 Å². The summed E-state index contributed by atoms with van der Waals surface area (Å²) in [7, 11) is 0. The summed E-state index contributed by atoms with van der Waals surface area (Å²) >= 11 is 1.50. The predicted octanol–water partition coefficient (Wildman–Crippen LogP) is 5.00. The summed E-state index contributed by atoms with van der Waals surface area (Å²) in [6.07, 6.45) is 1.46. The first kappa shape index (κ1) is 20.0. The predicted molar refractivity (Wildman–Crippen MR) is 123 cm³/mol. The Bertz CT molecular complexity index is 1330. The Labute approximate surface area is 179 Å². The van der Waals surface area contributed by atoms with E-state index in [4.69, 9.17) is 0 Å².